The number of rotatable bonds is 2. The normalized spacial score (nSPS) is 11.1. The van der Waals surface area contributed by atoms with Crippen LogP contribution in [0.25, 0.3) is 21.1 Å². The van der Waals surface area contributed by atoms with Crippen LogP contribution >= 0.6 is 22.9 Å². The maximum absolute atomic E-state index is 12.6. The van der Waals surface area contributed by atoms with Gasteiger partial charge >= 0.3 is 0 Å². The largest absolute Gasteiger partial charge is 0.296 e. The minimum atomic E-state index is -0.587. The van der Waals surface area contributed by atoms with Crippen LogP contribution in [-0.2, 0) is 7.05 Å². The van der Waals surface area contributed by atoms with E-state index in [9.17, 15) is 9.59 Å². The fourth-order valence-corrected chi connectivity index (χ4v) is 3.72. The lowest BCUT2D eigenvalue weighted by Gasteiger charge is -2.07. The second-order valence-corrected chi connectivity index (χ2v) is 6.87. The molecule has 0 aliphatic carbocycles. The summed E-state index contributed by atoms with van der Waals surface area (Å²) < 4.78 is 2.37. The van der Waals surface area contributed by atoms with Crippen LogP contribution in [0.1, 0.15) is 10.5 Å². The predicted molar refractivity (Wildman–Crippen MR) is 99.6 cm³/mol. The third kappa shape index (κ3) is 2.77. The van der Waals surface area contributed by atoms with Gasteiger partial charge in [0, 0.05) is 17.5 Å². The van der Waals surface area contributed by atoms with Gasteiger partial charge in [0.25, 0.3) is 5.91 Å². The van der Waals surface area contributed by atoms with Crippen molar-refractivity contribution in [2.75, 3.05) is 5.32 Å². The molecule has 0 radical (unpaired) electrons. The van der Waals surface area contributed by atoms with Gasteiger partial charge in [-0.1, -0.05) is 35.1 Å². The first-order valence-corrected chi connectivity index (χ1v) is 8.56. The van der Waals surface area contributed by atoms with Crippen LogP contribution in [0.4, 0.5) is 5.13 Å². The Kier molecular flexibility index (Phi) is 3.74. The standard InChI is InChI=1S/C17H11ClN4O2S/c1-22-12-5-3-2-4-10(12)15(23)14(21-22)16(24)20-17-19-11-7-6-9(18)8-13(11)25-17/h2-8H,1H3,(H,19,20,24). The molecule has 6 nitrogen and oxygen atoms in total. The van der Waals surface area contributed by atoms with Crippen LogP contribution in [0.15, 0.2) is 47.3 Å². The number of thiazole rings is 1. The number of anilines is 1. The lowest BCUT2D eigenvalue weighted by Crippen LogP contribution is -2.26. The number of hydrogen-bond acceptors (Lipinski definition) is 5. The first-order valence-electron chi connectivity index (χ1n) is 7.36. The van der Waals surface area contributed by atoms with Crippen molar-refractivity contribution in [3.05, 3.63) is 63.4 Å². The minimum Gasteiger partial charge on any atom is -0.296 e. The maximum Gasteiger partial charge on any atom is 0.281 e. The molecule has 2 aromatic heterocycles. The molecular weight excluding hydrogens is 360 g/mol. The van der Waals surface area contributed by atoms with Crippen molar-refractivity contribution in [2.45, 2.75) is 0 Å². The summed E-state index contributed by atoms with van der Waals surface area (Å²) in [5.41, 5.74) is 0.816. The fourth-order valence-electron chi connectivity index (χ4n) is 2.58. The third-order valence-electron chi connectivity index (χ3n) is 3.75. The van der Waals surface area contributed by atoms with Crippen molar-refractivity contribution in [3.8, 4) is 0 Å². The summed E-state index contributed by atoms with van der Waals surface area (Å²) in [5.74, 6) is -0.587. The first-order chi connectivity index (χ1) is 12.0. The number of nitrogens with zero attached hydrogens (tertiary/aromatic N) is 3. The molecule has 0 bridgehead atoms. The van der Waals surface area contributed by atoms with Crippen LogP contribution in [0, 0.1) is 0 Å². The van der Waals surface area contributed by atoms with Crippen molar-refractivity contribution < 1.29 is 4.79 Å². The number of carbonyl (C=O) groups excluding carboxylic acids is 1. The number of carbonyl (C=O) groups is 1. The van der Waals surface area contributed by atoms with E-state index in [-0.39, 0.29) is 5.69 Å². The predicted octanol–water partition coefficient (Wildman–Crippen LogP) is 3.45. The van der Waals surface area contributed by atoms with Gasteiger partial charge in [0.1, 0.15) is 0 Å². The highest BCUT2D eigenvalue weighted by molar-refractivity contribution is 7.22. The van der Waals surface area contributed by atoms with E-state index in [4.69, 9.17) is 11.6 Å². The van der Waals surface area contributed by atoms with E-state index in [1.54, 1.807) is 43.4 Å². The monoisotopic (exact) mass is 370 g/mol. The van der Waals surface area contributed by atoms with Gasteiger partial charge < -0.3 is 0 Å². The number of aromatic nitrogens is 3. The number of nitrogens with one attached hydrogen (secondary N) is 1. The van der Waals surface area contributed by atoms with Crippen LogP contribution < -0.4 is 10.7 Å². The van der Waals surface area contributed by atoms with Crippen molar-refractivity contribution in [2.24, 2.45) is 7.05 Å². The summed E-state index contributed by atoms with van der Waals surface area (Å²) in [4.78, 5) is 29.4. The van der Waals surface area contributed by atoms with Crippen molar-refractivity contribution in [3.63, 3.8) is 0 Å². The average molecular weight is 371 g/mol. The Bertz CT molecular complexity index is 1200. The van der Waals surface area contributed by atoms with Crippen LogP contribution in [0.2, 0.25) is 5.02 Å². The molecule has 0 unspecified atom stereocenters. The van der Waals surface area contributed by atoms with E-state index in [0.29, 0.717) is 21.1 Å². The Morgan fingerprint density at radius 3 is 2.88 bits per heavy atom. The maximum atomic E-state index is 12.6. The van der Waals surface area contributed by atoms with Crippen molar-refractivity contribution in [1.29, 1.82) is 0 Å². The number of hydrogen-bond donors (Lipinski definition) is 1. The van der Waals surface area contributed by atoms with Crippen LogP contribution in [-0.4, -0.2) is 20.7 Å². The van der Waals surface area contributed by atoms with Gasteiger partial charge in [-0.15, -0.1) is 0 Å². The highest BCUT2D eigenvalue weighted by Crippen LogP contribution is 2.28. The quantitative estimate of drug-likeness (QED) is 0.586. The molecule has 4 rings (SSSR count). The molecule has 1 N–H and O–H groups in total. The second kappa shape index (κ2) is 5.94. The highest BCUT2D eigenvalue weighted by atomic mass is 35.5. The van der Waals surface area contributed by atoms with Gasteiger partial charge in [0.2, 0.25) is 5.43 Å². The summed E-state index contributed by atoms with van der Waals surface area (Å²) in [6.07, 6.45) is 0. The Morgan fingerprint density at radius 2 is 2.04 bits per heavy atom. The van der Waals surface area contributed by atoms with E-state index >= 15 is 0 Å². The lowest BCUT2D eigenvalue weighted by atomic mass is 10.2. The minimum absolute atomic E-state index is 0.168. The number of benzene rings is 2. The van der Waals surface area contributed by atoms with E-state index in [0.717, 1.165) is 10.2 Å². The highest BCUT2D eigenvalue weighted by Gasteiger charge is 2.18. The summed E-state index contributed by atoms with van der Waals surface area (Å²) >= 11 is 7.24. The molecule has 0 fully saturated rings. The van der Waals surface area contributed by atoms with E-state index < -0.39 is 11.3 Å². The molecule has 0 aliphatic rings. The van der Waals surface area contributed by atoms with Crippen molar-refractivity contribution in [1.82, 2.24) is 14.8 Å². The third-order valence-corrected chi connectivity index (χ3v) is 4.92. The topological polar surface area (TPSA) is 76.9 Å². The molecule has 1 amide bonds. The molecule has 0 atom stereocenters. The number of amides is 1. The second-order valence-electron chi connectivity index (χ2n) is 5.40. The van der Waals surface area contributed by atoms with Gasteiger partial charge in [0.05, 0.1) is 15.7 Å². The SMILES string of the molecule is Cn1nc(C(=O)Nc2nc3ccc(Cl)cc3s2)c(=O)c2ccccc21. The molecule has 0 spiro atoms. The average Bonchev–Trinajstić information content (AvgIpc) is 2.99. The Morgan fingerprint density at radius 1 is 1.24 bits per heavy atom. The number of para-hydroxylation sites is 1. The molecule has 4 aromatic rings. The van der Waals surface area contributed by atoms with E-state index in [2.05, 4.69) is 15.4 Å². The lowest BCUT2D eigenvalue weighted by molar-refractivity contribution is 0.101. The fraction of sp³-hybridized carbons (Fsp3) is 0.0588. The molecule has 0 aliphatic heterocycles. The molecular formula is C17H11ClN4O2S. The summed E-state index contributed by atoms with van der Waals surface area (Å²) in [5, 5.41) is 8.19. The number of halogens is 1. The van der Waals surface area contributed by atoms with Crippen LogP contribution in [0.3, 0.4) is 0 Å². The van der Waals surface area contributed by atoms with Gasteiger partial charge in [-0.25, -0.2) is 4.98 Å². The Labute approximate surface area is 150 Å². The summed E-state index contributed by atoms with van der Waals surface area (Å²) in [6.45, 7) is 0. The number of aryl methyl sites for hydroxylation is 1. The zero-order valence-electron chi connectivity index (χ0n) is 13.0. The molecule has 2 heterocycles. The van der Waals surface area contributed by atoms with E-state index in [1.807, 2.05) is 6.07 Å². The molecule has 0 saturated carbocycles. The van der Waals surface area contributed by atoms with Gasteiger partial charge in [-0.05, 0) is 30.3 Å². The van der Waals surface area contributed by atoms with Gasteiger partial charge in [0.15, 0.2) is 10.8 Å². The van der Waals surface area contributed by atoms with E-state index in [1.165, 1.54) is 16.0 Å². The smallest absolute Gasteiger partial charge is 0.281 e. The van der Waals surface area contributed by atoms with Crippen LogP contribution in [0.5, 0.6) is 0 Å². The first kappa shape index (κ1) is 15.7. The Balaban J connectivity index is 1.74. The van der Waals surface area contributed by atoms with Gasteiger partial charge in [-0.2, -0.15) is 5.10 Å². The molecule has 2 aromatic carbocycles. The molecule has 124 valence electrons. The molecule has 25 heavy (non-hydrogen) atoms. The zero-order chi connectivity index (χ0) is 17.6. The zero-order valence-corrected chi connectivity index (χ0v) is 14.6. The van der Waals surface area contributed by atoms with Gasteiger partial charge in [-0.3, -0.25) is 19.6 Å². The Hall–Kier alpha value is -2.77. The molecule has 8 heteroatoms. The summed E-state index contributed by atoms with van der Waals surface area (Å²) in [6, 6.07) is 12.3. The summed E-state index contributed by atoms with van der Waals surface area (Å²) in [7, 11) is 1.69. The van der Waals surface area contributed by atoms with Crippen molar-refractivity contribution >= 4 is 55.1 Å². The molecule has 0 saturated heterocycles. The number of fused-ring (bicyclic) bond motifs is 2.